The summed E-state index contributed by atoms with van der Waals surface area (Å²) in [5, 5.41) is 22.4. The van der Waals surface area contributed by atoms with Crippen molar-refractivity contribution >= 4 is 33.4 Å². The minimum absolute atomic E-state index is 0.0000302. The minimum Gasteiger partial charge on any atom is -0.506 e. The first kappa shape index (κ1) is 21.1. The van der Waals surface area contributed by atoms with Crippen molar-refractivity contribution in [2.75, 3.05) is 5.32 Å². The maximum Gasteiger partial charge on any atom is 0.351 e. The zero-order valence-electron chi connectivity index (χ0n) is 15.5. The molecule has 11 heteroatoms. The summed E-state index contributed by atoms with van der Waals surface area (Å²) >= 11 is 3.23. The molecule has 1 saturated heterocycles. The molecule has 2 aromatic rings. The number of alkyl halides is 1. The Morgan fingerprint density at radius 3 is 2.66 bits per heavy atom. The molecule has 0 saturated carbocycles. The van der Waals surface area contributed by atoms with E-state index in [0.29, 0.717) is 6.42 Å². The van der Waals surface area contributed by atoms with Crippen molar-refractivity contribution < 1.29 is 28.9 Å². The van der Waals surface area contributed by atoms with Crippen LogP contribution in [-0.2, 0) is 14.3 Å². The number of halogens is 2. The first-order valence-corrected chi connectivity index (χ1v) is 9.55. The summed E-state index contributed by atoms with van der Waals surface area (Å²) in [4.78, 5) is 27.6. The highest BCUT2D eigenvalue weighted by Gasteiger charge is 2.48. The summed E-state index contributed by atoms with van der Waals surface area (Å²) in [5.74, 6) is -1.14. The Morgan fingerprint density at radius 2 is 2.07 bits per heavy atom. The van der Waals surface area contributed by atoms with Crippen LogP contribution < -0.4 is 11.0 Å². The van der Waals surface area contributed by atoms with Crippen LogP contribution in [0.2, 0.25) is 0 Å². The van der Waals surface area contributed by atoms with E-state index < -0.39 is 36.3 Å². The van der Waals surface area contributed by atoms with Crippen LogP contribution in [0, 0.1) is 0 Å². The van der Waals surface area contributed by atoms with Crippen LogP contribution in [0.5, 0.6) is 11.5 Å². The molecule has 0 bridgehead atoms. The molecule has 3 rings (SSSR count). The lowest BCUT2D eigenvalue weighted by atomic mass is 10.1. The monoisotopic (exact) mass is 471 g/mol. The number of anilines is 2. The molecule has 29 heavy (non-hydrogen) atoms. The molecule has 1 fully saturated rings. The van der Waals surface area contributed by atoms with Gasteiger partial charge in [-0.15, -0.1) is 0 Å². The van der Waals surface area contributed by atoms with Crippen LogP contribution in [0.4, 0.5) is 15.9 Å². The van der Waals surface area contributed by atoms with Gasteiger partial charge in [-0.2, -0.15) is 4.98 Å². The molecule has 1 aliphatic heterocycles. The summed E-state index contributed by atoms with van der Waals surface area (Å²) in [5.41, 5.74) is -0.879. The van der Waals surface area contributed by atoms with Crippen LogP contribution >= 0.6 is 15.9 Å². The van der Waals surface area contributed by atoms with Crippen LogP contribution in [0.15, 0.2) is 33.7 Å². The number of aromatic nitrogens is 2. The average molecular weight is 472 g/mol. The van der Waals surface area contributed by atoms with Crippen molar-refractivity contribution in [3.05, 3.63) is 39.4 Å². The van der Waals surface area contributed by atoms with Gasteiger partial charge in [0.05, 0.1) is 4.47 Å². The number of phenols is 2. The number of aromatic hydroxyl groups is 2. The van der Waals surface area contributed by atoms with Gasteiger partial charge >= 0.3 is 11.7 Å². The first-order chi connectivity index (χ1) is 13.7. The Bertz CT molecular complexity index is 964. The Morgan fingerprint density at radius 1 is 1.41 bits per heavy atom. The van der Waals surface area contributed by atoms with E-state index in [1.165, 1.54) is 31.3 Å². The normalized spacial score (nSPS) is 23.7. The Balaban J connectivity index is 1.92. The molecule has 3 N–H and O–H groups in total. The second kappa shape index (κ2) is 8.37. The smallest absolute Gasteiger partial charge is 0.351 e. The highest BCUT2D eigenvalue weighted by atomic mass is 79.9. The van der Waals surface area contributed by atoms with E-state index in [-0.39, 0.29) is 27.5 Å². The van der Waals surface area contributed by atoms with Crippen molar-refractivity contribution in [2.24, 2.45) is 0 Å². The van der Waals surface area contributed by atoms with Crippen LogP contribution in [-0.4, -0.2) is 44.1 Å². The molecular weight excluding hydrogens is 453 g/mol. The second-order valence-corrected chi connectivity index (χ2v) is 7.27. The number of rotatable bonds is 5. The predicted molar refractivity (Wildman–Crippen MR) is 104 cm³/mol. The summed E-state index contributed by atoms with van der Waals surface area (Å²) in [6.07, 6.45) is -3.28. The number of carbonyl (C=O) groups is 1. The molecule has 4 atom stereocenters. The molecule has 0 aliphatic carbocycles. The third-order valence-corrected chi connectivity index (χ3v) is 5.00. The third kappa shape index (κ3) is 4.20. The Hall–Kier alpha value is -2.66. The van der Waals surface area contributed by atoms with Gasteiger partial charge in [-0.3, -0.25) is 9.36 Å². The molecule has 9 nitrogen and oxygen atoms in total. The fraction of sp³-hybridized carbons (Fsp3) is 0.389. The van der Waals surface area contributed by atoms with Gasteiger partial charge in [-0.1, -0.05) is 13.0 Å². The molecule has 1 unspecified atom stereocenters. The van der Waals surface area contributed by atoms with Crippen molar-refractivity contribution in [2.45, 2.75) is 44.9 Å². The maximum absolute atomic E-state index is 14.9. The molecule has 0 spiro atoms. The zero-order chi connectivity index (χ0) is 21.3. The first-order valence-electron chi connectivity index (χ1n) is 8.76. The lowest BCUT2D eigenvalue weighted by Crippen LogP contribution is -2.35. The number of phenolic OH excluding ortho intramolecular Hbond substituents is 2. The standard InChI is InChI=1S/C18H19BrFN3O6/c1-3-12-15(28-8(2)24)13(20)17(29-12)23-7-9(19)16(22-18(23)27)21-14-10(25)5-4-6-11(14)26/h4-7,12-13,15,17,25-26H,3H2,1-2H3,(H,21,22,27)/t12-,13?,15+,17-/m1/s1. The lowest BCUT2D eigenvalue weighted by Gasteiger charge is -2.18. The van der Waals surface area contributed by atoms with Gasteiger partial charge < -0.3 is 25.0 Å². The van der Waals surface area contributed by atoms with Crippen LogP contribution in [0.3, 0.4) is 0 Å². The van der Waals surface area contributed by atoms with Gasteiger partial charge in [0.15, 0.2) is 24.3 Å². The number of nitrogens with zero attached hydrogens (tertiary/aromatic N) is 2. The molecular formula is C18H19BrFN3O6. The van der Waals surface area contributed by atoms with Gasteiger partial charge in [0, 0.05) is 13.1 Å². The van der Waals surface area contributed by atoms with Crippen LogP contribution in [0.1, 0.15) is 26.5 Å². The topological polar surface area (TPSA) is 123 Å². The number of hydrogen-bond donors (Lipinski definition) is 3. The van der Waals surface area contributed by atoms with Crippen LogP contribution in [0.25, 0.3) is 0 Å². The SMILES string of the molecule is CC[C@H]1O[C@@H](n2cc(Br)c(Nc3c(O)cccc3O)nc2=O)C(F)[C@H]1OC(C)=O. The van der Waals surface area contributed by atoms with E-state index in [1.54, 1.807) is 6.92 Å². The highest BCUT2D eigenvalue weighted by molar-refractivity contribution is 9.10. The van der Waals surface area contributed by atoms with E-state index in [9.17, 15) is 24.2 Å². The van der Waals surface area contributed by atoms with E-state index in [4.69, 9.17) is 9.47 Å². The molecule has 0 radical (unpaired) electrons. The molecule has 1 aliphatic rings. The number of hydrogen-bond acceptors (Lipinski definition) is 8. The summed E-state index contributed by atoms with van der Waals surface area (Å²) in [6.45, 7) is 2.92. The van der Waals surface area contributed by atoms with Crippen molar-refractivity contribution in [3.8, 4) is 11.5 Å². The van der Waals surface area contributed by atoms with Crippen molar-refractivity contribution in [1.82, 2.24) is 9.55 Å². The molecule has 1 aromatic carbocycles. The van der Waals surface area contributed by atoms with Gasteiger partial charge in [-0.05, 0) is 34.5 Å². The molecule has 1 aromatic heterocycles. The average Bonchev–Trinajstić information content (AvgIpc) is 2.96. The van der Waals surface area contributed by atoms with Gasteiger partial charge in [0.1, 0.15) is 23.3 Å². The fourth-order valence-corrected chi connectivity index (χ4v) is 3.48. The van der Waals surface area contributed by atoms with Crippen molar-refractivity contribution in [3.63, 3.8) is 0 Å². The quantitative estimate of drug-likeness (QED) is 0.449. The molecule has 2 heterocycles. The number of nitrogens with one attached hydrogen (secondary N) is 1. The van der Waals surface area contributed by atoms with Crippen molar-refractivity contribution in [1.29, 1.82) is 0 Å². The van der Waals surface area contributed by atoms with E-state index in [2.05, 4.69) is 26.2 Å². The second-order valence-electron chi connectivity index (χ2n) is 6.42. The molecule has 0 amide bonds. The summed E-state index contributed by atoms with van der Waals surface area (Å²) in [6, 6.07) is 4.13. The number of benzene rings is 1. The van der Waals surface area contributed by atoms with E-state index in [0.717, 1.165) is 4.57 Å². The van der Waals surface area contributed by atoms with Gasteiger partial charge in [-0.25, -0.2) is 9.18 Å². The third-order valence-electron chi connectivity index (χ3n) is 4.42. The van der Waals surface area contributed by atoms with Gasteiger partial charge in [0.2, 0.25) is 0 Å². The van der Waals surface area contributed by atoms with E-state index in [1.807, 2.05) is 0 Å². The maximum atomic E-state index is 14.9. The number of carbonyl (C=O) groups excluding carboxylic acids is 1. The van der Waals surface area contributed by atoms with E-state index >= 15 is 0 Å². The number of para-hydroxylation sites is 1. The Kier molecular flexibility index (Phi) is 6.08. The van der Waals surface area contributed by atoms with Gasteiger partial charge in [0.25, 0.3) is 0 Å². The number of ether oxygens (including phenoxy) is 2. The number of esters is 1. The predicted octanol–water partition coefficient (Wildman–Crippen LogP) is 2.74. The zero-order valence-corrected chi connectivity index (χ0v) is 17.1. The molecule has 156 valence electrons. The Labute approximate surface area is 173 Å². The summed E-state index contributed by atoms with van der Waals surface area (Å²) < 4.78 is 26.7. The largest absolute Gasteiger partial charge is 0.506 e. The minimum atomic E-state index is -1.77. The summed E-state index contributed by atoms with van der Waals surface area (Å²) in [7, 11) is 0. The fourth-order valence-electron chi connectivity index (χ4n) is 3.07. The lowest BCUT2D eigenvalue weighted by molar-refractivity contribution is -0.151. The highest BCUT2D eigenvalue weighted by Crippen LogP contribution is 2.37.